The van der Waals surface area contributed by atoms with Gasteiger partial charge in [0.05, 0.1) is 0 Å². The molecule has 0 bridgehead atoms. The fourth-order valence-electron chi connectivity index (χ4n) is 6.55. The van der Waals surface area contributed by atoms with Gasteiger partial charge in [0.1, 0.15) is 0 Å². The molecule has 5 aromatic rings. The molecule has 1 heteroatoms. The number of rotatable bonds is 5. The highest BCUT2D eigenvalue weighted by atomic mass is 15.1. The van der Waals surface area contributed by atoms with Crippen LogP contribution in [0.2, 0.25) is 0 Å². The van der Waals surface area contributed by atoms with Gasteiger partial charge in [-0.15, -0.1) is 0 Å². The summed E-state index contributed by atoms with van der Waals surface area (Å²) >= 11 is 0. The van der Waals surface area contributed by atoms with Crippen LogP contribution in [0.15, 0.2) is 127 Å². The number of nitrogens with zero attached hydrogens (tertiary/aromatic N) is 1. The highest BCUT2D eigenvalue weighted by Gasteiger charge is 2.56. The maximum atomic E-state index is 2.45. The maximum Gasteiger partial charge on any atom is 0.0467 e. The monoisotopic (exact) mass is 521 g/mol. The summed E-state index contributed by atoms with van der Waals surface area (Å²) in [6.45, 7) is 14.5. The zero-order valence-electron chi connectivity index (χ0n) is 24.6. The van der Waals surface area contributed by atoms with Crippen molar-refractivity contribution >= 4 is 17.1 Å². The lowest BCUT2D eigenvalue weighted by Gasteiger charge is -2.44. The summed E-state index contributed by atoms with van der Waals surface area (Å²) in [6, 6.07) is 46.3. The van der Waals surface area contributed by atoms with Gasteiger partial charge in [0, 0.05) is 17.1 Å². The first-order valence-corrected chi connectivity index (χ1v) is 14.4. The predicted molar refractivity (Wildman–Crippen MR) is 172 cm³/mol. The second kappa shape index (κ2) is 9.52. The standard InChI is InChI=1S/C39H39N/c1-37(2)35-24-23-34(27-36(35)38(3,4)39(37,5)6)40(32-21-13-19-30(25-32)28-15-9-7-10-16-28)33-22-14-20-31(26-33)29-17-11-8-12-18-29/h7-27H,1-6H3. The molecule has 6 rings (SSSR count). The van der Waals surface area contributed by atoms with Crippen molar-refractivity contribution in [3.05, 3.63) is 139 Å². The Labute approximate surface area is 240 Å². The molecule has 0 fully saturated rings. The highest BCUT2D eigenvalue weighted by molar-refractivity contribution is 5.83. The normalized spacial score (nSPS) is 16.4. The lowest BCUT2D eigenvalue weighted by Crippen LogP contribution is -2.42. The molecule has 0 N–H and O–H groups in total. The molecule has 1 aliphatic carbocycles. The topological polar surface area (TPSA) is 3.24 Å². The third-order valence-electron chi connectivity index (χ3n) is 10.2. The van der Waals surface area contributed by atoms with E-state index in [0.717, 1.165) is 11.4 Å². The van der Waals surface area contributed by atoms with Gasteiger partial charge in [-0.1, -0.05) is 133 Å². The van der Waals surface area contributed by atoms with Crippen LogP contribution in [0.1, 0.15) is 52.7 Å². The summed E-state index contributed by atoms with van der Waals surface area (Å²) in [4.78, 5) is 2.42. The molecule has 1 nitrogen and oxygen atoms in total. The van der Waals surface area contributed by atoms with Gasteiger partial charge in [-0.3, -0.25) is 0 Å². The van der Waals surface area contributed by atoms with E-state index >= 15 is 0 Å². The lowest BCUT2D eigenvalue weighted by atomic mass is 9.59. The van der Waals surface area contributed by atoms with Crippen molar-refractivity contribution < 1.29 is 0 Å². The first-order chi connectivity index (χ1) is 19.1. The average Bonchev–Trinajstić information content (AvgIpc) is 3.08. The fraction of sp³-hybridized carbons (Fsp3) is 0.231. The zero-order chi connectivity index (χ0) is 28.1. The molecule has 0 saturated carbocycles. The Hall–Kier alpha value is -4.10. The van der Waals surface area contributed by atoms with Crippen molar-refractivity contribution in [3.63, 3.8) is 0 Å². The SMILES string of the molecule is CC1(C)c2ccc(N(c3cccc(-c4ccccc4)c3)c3cccc(-c4ccccc4)c3)cc2C(C)(C)C1(C)C. The van der Waals surface area contributed by atoms with Crippen LogP contribution >= 0.6 is 0 Å². The third kappa shape index (κ3) is 4.07. The molecule has 40 heavy (non-hydrogen) atoms. The van der Waals surface area contributed by atoms with Crippen LogP contribution in [0.3, 0.4) is 0 Å². The molecule has 0 unspecified atom stereocenters. The quantitative estimate of drug-likeness (QED) is 0.222. The molecule has 0 aliphatic heterocycles. The van der Waals surface area contributed by atoms with Crippen LogP contribution in [0.5, 0.6) is 0 Å². The van der Waals surface area contributed by atoms with Gasteiger partial charge in [0.25, 0.3) is 0 Å². The Kier molecular flexibility index (Phi) is 6.22. The predicted octanol–water partition coefficient (Wildman–Crippen LogP) is 11.1. The molecule has 0 atom stereocenters. The summed E-state index contributed by atoms with van der Waals surface area (Å²) in [5, 5.41) is 0. The number of anilines is 3. The van der Waals surface area contributed by atoms with E-state index in [-0.39, 0.29) is 16.2 Å². The van der Waals surface area contributed by atoms with E-state index in [9.17, 15) is 0 Å². The minimum absolute atomic E-state index is 0.0330. The van der Waals surface area contributed by atoms with Crippen LogP contribution in [-0.4, -0.2) is 0 Å². The number of hydrogen-bond donors (Lipinski definition) is 0. The van der Waals surface area contributed by atoms with Crippen LogP contribution in [0.4, 0.5) is 17.1 Å². The van der Waals surface area contributed by atoms with Crippen molar-refractivity contribution in [1.82, 2.24) is 0 Å². The van der Waals surface area contributed by atoms with Crippen molar-refractivity contribution in [2.24, 2.45) is 5.41 Å². The van der Waals surface area contributed by atoms with Gasteiger partial charge >= 0.3 is 0 Å². The molecular formula is C39H39N. The smallest absolute Gasteiger partial charge is 0.0467 e. The summed E-state index contributed by atoms with van der Waals surface area (Å²) in [5.74, 6) is 0. The van der Waals surface area contributed by atoms with Crippen LogP contribution in [-0.2, 0) is 10.8 Å². The van der Waals surface area contributed by atoms with Crippen LogP contribution < -0.4 is 4.90 Å². The van der Waals surface area contributed by atoms with Gasteiger partial charge < -0.3 is 4.90 Å². The van der Waals surface area contributed by atoms with Crippen LogP contribution in [0.25, 0.3) is 22.3 Å². The van der Waals surface area contributed by atoms with Crippen molar-refractivity contribution in [3.8, 4) is 22.3 Å². The van der Waals surface area contributed by atoms with E-state index in [0.29, 0.717) is 0 Å². The molecule has 0 amide bonds. The molecule has 0 radical (unpaired) electrons. The van der Waals surface area contributed by atoms with Crippen LogP contribution in [0, 0.1) is 5.41 Å². The minimum atomic E-state index is 0.0330. The van der Waals surface area contributed by atoms with Crippen molar-refractivity contribution in [2.75, 3.05) is 4.90 Å². The third-order valence-corrected chi connectivity index (χ3v) is 10.2. The number of benzene rings is 5. The van der Waals surface area contributed by atoms with Gasteiger partial charge in [-0.25, -0.2) is 0 Å². The molecular weight excluding hydrogens is 482 g/mol. The Morgan fingerprint density at radius 2 is 0.800 bits per heavy atom. The largest absolute Gasteiger partial charge is 0.310 e. The second-order valence-electron chi connectivity index (χ2n) is 12.8. The Balaban J connectivity index is 1.55. The van der Waals surface area contributed by atoms with Gasteiger partial charge in [0.15, 0.2) is 0 Å². The lowest BCUT2D eigenvalue weighted by molar-refractivity contribution is 0.125. The molecule has 0 aromatic heterocycles. The Bertz CT molecular complexity index is 1580. The van der Waals surface area contributed by atoms with E-state index in [4.69, 9.17) is 0 Å². The molecule has 0 heterocycles. The molecule has 5 aromatic carbocycles. The van der Waals surface area contributed by atoms with E-state index in [2.05, 4.69) is 174 Å². The van der Waals surface area contributed by atoms with Gasteiger partial charge in [-0.05, 0) is 86.0 Å². The van der Waals surface area contributed by atoms with Gasteiger partial charge in [-0.2, -0.15) is 0 Å². The Morgan fingerprint density at radius 1 is 0.375 bits per heavy atom. The summed E-state index contributed by atoms with van der Waals surface area (Å²) in [5.41, 5.74) is 11.5. The first kappa shape index (κ1) is 26.1. The maximum absolute atomic E-state index is 2.45. The van der Waals surface area contributed by atoms with E-state index in [1.54, 1.807) is 0 Å². The molecule has 1 aliphatic rings. The Morgan fingerprint density at radius 3 is 1.30 bits per heavy atom. The highest BCUT2D eigenvalue weighted by Crippen LogP contribution is 2.62. The molecule has 0 saturated heterocycles. The summed E-state index contributed by atoms with van der Waals surface area (Å²) in [6.07, 6.45) is 0. The fourth-order valence-corrected chi connectivity index (χ4v) is 6.55. The molecule has 200 valence electrons. The first-order valence-electron chi connectivity index (χ1n) is 14.4. The van der Waals surface area contributed by atoms with Crippen molar-refractivity contribution in [1.29, 1.82) is 0 Å². The van der Waals surface area contributed by atoms with Crippen molar-refractivity contribution in [2.45, 2.75) is 52.4 Å². The number of fused-ring (bicyclic) bond motifs is 1. The van der Waals surface area contributed by atoms with E-state index in [1.807, 2.05) is 0 Å². The second-order valence-corrected chi connectivity index (χ2v) is 12.8. The summed E-state index contributed by atoms with van der Waals surface area (Å²) < 4.78 is 0. The van der Waals surface area contributed by atoms with E-state index in [1.165, 1.54) is 39.1 Å². The zero-order valence-corrected chi connectivity index (χ0v) is 24.6. The molecule has 0 spiro atoms. The van der Waals surface area contributed by atoms with E-state index < -0.39 is 0 Å². The van der Waals surface area contributed by atoms with Gasteiger partial charge in [0.2, 0.25) is 0 Å². The number of hydrogen-bond acceptors (Lipinski definition) is 1. The summed E-state index contributed by atoms with van der Waals surface area (Å²) in [7, 11) is 0. The minimum Gasteiger partial charge on any atom is -0.310 e. The average molecular weight is 522 g/mol.